The zero-order valence-electron chi connectivity index (χ0n) is 15.2. The fourth-order valence-electron chi connectivity index (χ4n) is 2.84. The summed E-state index contributed by atoms with van der Waals surface area (Å²) in [6, 6.07) is 11.4. The maximum Gasteiger partial charge on any atom is 0.284 e. The van der Waals surface area contributed by atoms with Crippen LogP contribution in [0.1, 0.15) is 5.56 Å². The maximum absolute atomic E-state index is 12.9. The Morgan fingerprint density at radius 3 is 2.36 bits per heavy atom. The number of nitrogens with zero attached hydrogens (tertiary/aromatic N) is 3. The second kappa shape index (κ2) is 8.79. The number of likely N-dealkylation sites (N-methyl/N-ethyl adjacent to an activating group) is 1. The van der Waals surface area contributed by atoms with Crippen molar-refractivity contribution in [2.75, 3.05) is 33.2 Å². The Kier molecular flexibility index (Phi) is 6.61. The van der Waals surface area contributed by atoms with E-state index < -0.39 is 14.9 Å². The topological polar surface area (TPSA) is 83.8 Å². The summed E-state index contributed by atoms with van der Waals surface area (Å²) in [6.07, 6.45) is 0. The first-order chi connectivity index (χ1) is 13.3. The van der Waals surface area contributed by atoms with Gasteiger partial charge >= 0.3 is 0 Å². The molecular formula is C18H20ClN3O4S2. The van der Waals surface area contributed by atoms with Gasteiger partial charge in [0.05, 0.1) is 14.7 Å². The highest BCUT2D eigenvalue weighted by atomic mass is 35.5. The lowest BCUT2D eigenvalue weighted by Gasteiger charge is -2.31. The van der Waals surface area contributed by atoms with Gasteiger partial charge in [0.25, 0.3) is 5.69 Å². The minimum atomic E-state index is -3.75. The fraction of sp³-hybridized carbons (Fsp3) is 0.333. The predicted molar refractivity (Wildman–Crippen MR) is 110 cm³/mol. The van der Waals surface area contributed by atoms with Gasteiger partial charge in [-0.3, -0.25) is 10.1 Å². The second-order valence-electron chi connectivity index (χ2n) is 6.51. The molecule has 0 unspecified atom stereocenters. The van der Waals surface area contributed by atoms with E-state index in [0.717, 1.165) is 11.6 Å². The number of hydrogen-bond acceptors (Lipinski definition) is 6. The molecule has 1 heterocycles. The van der Waals surface area contributed by atoms with E-state index in [2.05, 4.69) is 0 Å². The van der Waals surface area contributed by atoms with Crippen LogP contribution in [0.5, 0.6) is 0 Å². The first-order valence-corrected chi connectivity index (χ1v) is 11.4. The van der Waals surface area contributed by atoms with Crippen LogP contribution >= 0.6 is 23.4 Å². The molecule has 0 atom stereocenters. The molecule has 2 aromatic carbocycles. The maximum atomic E-state index is 12.9. The van der Waals surface area contributed by atoms with Gasteiger partial charge in [0, 0.05) is 43.0 Å². The normalized spacial score (nSPS) is 16.2. The Balaban J connectivity index is 1.82. The molecule has 0 spiro atoms. The molecule has 0 bridgehead atoms. The molecular weight excluding hydrogens is 422 g/mol. The van der Waals surface area contributed by atoms with E-state index in [4.69, 9.17) is 11.6 Å². The van der Waals surface area contributed by atoms with Gasteiger partial charge in [0.2, 0.25) is 10.0 Å². The van der Waals surface area contributed by atoms with Crippen molar-refractivity contribution < 1.29 is 13.3 Å². The first-order valence-electron chi connectivity index (χ1n) is 8.62. The number of rotatable bonds is 6. The highest BCUT2D eigenvalue weighted by Crippen LogP contribution is 2.34. The van der Waals surface area contributed by atoms with E-state index in [1.165, 1.54) is 28.2 Å². The summed E-state index contributed by atoms with van der Waals surface area (Å²) in [5, 5.41) is 12.2. The Bertz CT molecular complexity index is 959. The zero-order valence-corrected chi connectivity index (χ0v) is 17.6. The van der Waals surface area contributed by atoms with Crippen molar-refractivity contribution in [3.63, 3.8) is 0 Å². The van der Waals surface area contributed by atoms with Crippen LogP contribution in [0.4, 0.5) is 5.69 Å². The van der Waals surface area contributed by atoms with Crippen LogP contribution in [0.25, 0.3) is 0 Å². The number of thioether (sulfide) groups is 1. The molecule has 1 aliphatic heterocycles. The molecule has 3 rings (SSSR count). The monoisotopic (exact) mass is 441 g/mol. The van der Waals surface area contributed by atoms with Crippen molar-refractivity contribution in [3.05, 3.63) is 63.2 Å². The average Bonchev–Trinajstić information content (AvgIpc) is 2.67. The summed E-state index contributed by atoms with van der Waals surface area (Å²) in [5.41, 5.74) is 0.770. The Morgan fingerprint density at radius 2 is 1.75 bits per heavy atom. The van der Waals surface area contributed by atoms with Crippen molar-refractivity contribution in [3.8, 4) is 0 Å². The molecule has 28 heavy (non-hydrogen) atoms. The van der Waals surface area contributed by atoms with Crippen molar-refractivity contribution in [1.82, 2.24) is 9.21 Å². The second-order valence-corrected chi connectivity index (χ2v) is 9.90. The molecule has 7 nitrogen and oxygen atoms in total. The molecule has 150 valence electrons. The molecule has 1 fully saturated rings. The third-order valence-electron chi connectivity index (χ3n) is 4.53. The van der Waals surface area contributed by atoms with Gasteiger partial charge < -0.3 is 4.90 Å². The molecule has 0 aliphatic carbocycles. The Hall–Kier alpha value is -1.65. The average molecular weight is 442 g/mol. The van der Waals surface area contributed by atoms with Gasteiger partial charge in [-0.15, -0.1) is 11.8 Å². The Labute approximate surface area is 173 Å². The predicted octanol–water partition coefficient (Wildman–Crippen LogP) is 3.48. The minimum Gasteiger partial charge on any atom is -0.304 e. The lowest BCUT2D eigenvalue weighted by atomic mass is 10.2. The van der Waals surface area contributed by atoms with Crippen LogP contribution in [-0.4, -0.2) is 55.8 Å². The van der Waals surface area contributed by atoms with Gasteiger partial charge in [-0.05, 0) is 36.9 Å². The van der Waals surface area contributed by atoms with Crippen LogP contribution in [0.2, 0.25) is 5.02 Å². The van der Waals surface area contributed by atoms with Crippen LogP contribution < -0.4 is 0 Å². The van der Waals surface area contributed by atoms with Crippen LogP contribution in [0.15, 0.2) is 52.3 Å². The molecule has 0 aromatic heterocycles. The van der Waals surface area contributed by atoms with E-state index in [1.54, 1.807) is 12.1 Å². The molecule has 0 saturated carbocycles. The lowest BCUT2D eigenvalue weighted by Crippen LogP contribution is -2.47. The van der Waals surface area contributed by atoms with Crippen molar-refractivity contribution in [2.24, 2.45) is 0 Å². The number of hydrogen-bond donors (Lipinski definition) is 0. The smallest absolute Gasteiger partial charge is 0.284 e. The standard InChI is InChI=1S/C18H20ClN3O4S2/c1-20-8-10-21(11-9-20)28(25,26)16-6-7-18(17(12-16)22(23)24)27-13-14-2-4-15(19)5-3-14/h2-7,12H,8-11,13H2,1H3. The number of piperazine rings is 1. The molecule has 0 N–H and O–H groups in total. The minimum absolute atomic E-state index is 0.0420. The summed E-state index contributed by atoms with van der Waals surface area (Å²) in [6.45, 7) is 2.02. The third kappa shape index (κ3) is 4.84. The third-order valence-corrected chi connectivity index (χ3v) is 7.82. The lowest BCUT2D eigenvalue weighted by molar-refractivity contribution is -0.388. The van der Waals surface area contributed by atoms with E-state index >= 15 is 0 Å². The van der Waals surface area contributed by atoms with Crippen LogP contribution in [-0.2, 0) is 15.8 Å². The fourth-order valence-corrected chi connectivity index (χ4v) is 5.37. The molecule has 0 amide bonds. The van der Waals surface area contributed by atoms with Crippen molar-refractivity contribution in [2.45, 2.75) is 15.5 Å². The summed E-state index contributed by atoms with van der Waals surface area (Å²) in [5.74, 6) is 0.516. The van der Waals surface area contributed by atoms with Crippen molar-refractivity contribution in [1.29, 1.82) is 0 Å². The molecule has 1 aliphatic rings. The molecule has 0 radical (unpaired) electrons. The largest absolute Gasteiger partial charge is 0.304 e. The number of sulfonamides is 1. The van der Waals surface area contributed by atoms with E-state index in [9.17, 15) is 18.5 Å². The van der Waals surface area contributed by atoms with Crippen molar-refractivity contribution >= 4 is 39.1 Å². The van der Waals surface area contributed by atoms with Gasteiger partial charge in [-0.2, -0.15) is 4.31 Å². The number of benzene rings is 2. The van der Waals surface area contributed by atoms with E-state index in [0.29, 0.717) is 41.8 Å². The van der Waals surface area contributed by atoms with Gasteiger partial charge in [0.1, 0.15) is 0 Å². The highest BCUT2D eigenvalue weighted by molar-refractivity contribution is 7.98. The van der Waals surface area contributed by atoms with Gasteiger partial charge in [0.15, 0.2) is 0 Å². The first kappa shape index (κ1) is 21.1. The SMILES string of the molecule is CN1CCN(S(=O)(=O)c2ccc(SCc3ccc(Cl)cc3)c([N+](=O)[O-])c2)CC1. The molecule has 2 aromatic rings. The highest BCUT2D eigenvalue weighted by Gasteiger charge is 2.29. The van der Waals surface area contributed by atoms with E-state index in [1.807, 2.05) is 24.1 Å². The van der Waals surface area contributed by atoms with Gasteiger partial charge in [-0.1, -0.05) is 23.7 Å². The number of nitro benzene ring substituents is 1. The molecule has 10 heteroatoms. The zero-order chi connectivity index (χ0) is 20.3. The van der Waals surface area contributed by atoms with Crippen LogP contribution in [0.3, 0.4) is 0 Å². The molecule has 1 saturated heterocycles. The van der Waals surface area contributed by atoms with Crippen LogP contribution in [0, 0.1) is 10.1 Å². The Morgan fingerprint density at radius 1 is 1.11 bits per heavy atom. The quantitative estimate of drug-likeness (QED) is 0.387. The summed E-state index contributed by atoms with van der Waals surface area (Å²) in [7, 11) is -1.82. The summed E-state index contributed by atoms with van der Waals surface area (Å²) in [4.78, 5) is 13.4. The van der Waals surface area contributed by atoms with Gasteiger partial charge in [-0.25, -0.2) is 8.42 Å². The summed E-state index contributed by atoms with van der Waals surface area (Å²) >= 11 is 7.16. The summed E-state index contributed by atoms with van der Waals surface area (Å²) < 4.78 is 27.1. The van der Waals surface area contributed by atoms with E-state index in [-0.39, 0.29) is 10.6 Å². The number of halogens is 1. The number of nitro groups is 1.